The van der Waals surface area contributed by atoms with Crippen molar-refractivity contribution >= 4 is 6.21 Å². The SMILES string of the molecule is CC\C=C/C(/C=N/O)=C(\C)NCC. The van der Waals surface area contributed by atoms with E-state index < -0.39 is 0 Å². The number of hydrogen-bond acceptors (Lipinski definition) is 3. The molecule has 0 rings (SSSR count). The molecular weight excluding hydrogens is 164 g/mol. The lowest BCUT2D eigenvalue weighted by atomic mass is 10.2. The Labute approximate surface area is 79.8 Å². The second kappa shape index (κ2) is 7.40. The van der Waals surface area contributed by atoms with Gasteiger partial charge in [-0.3, -0.25) is 0 Å². The first-order valence-electron chi connectivity index (χ1n) is 4.54. The van der Waals surface area contributed by atoms with E-state index in [9.17, 15) is 0 Å². The smallest absolute Gasteiger partial charge is 0.0750 e. The molecule has 0 unspecified atom stereocenters. The van der Waals surface area contributed by atoms with E-state index >= 15 is 0 Å². The van der Waals surface area contributed by atoms with Crippen molar-refractivity contribution in [3.63, 3.8) is 0 Å². The Balaban J connectivity index is 4.55. The minimum atomic E-state index is 0.870. The zero-order valence-corrected chi connectivity index (χ0v) is 8.54. The van der Waals surface area contributed by atoms with E-state index in [1.165, 1.54) is 6.21 Å². The van der Waals surface area contributed by atoms with Crippen LogP contribution >= 0.6 is 0 Å². The summed E-state index contributed by atoms with van der Waals surface area (Å²) in [4.78, 5) is 0. The van der Waals surface area contributed by atoms with Gasteiger partial charge in [-0.1, -0.05) is 24.2 Å². The Morgan fingerprint density at radius 2 is 2.15 bits per heavy atom. The van der Waals surface area contributed by atoms with Crippen LogP contribution in [0.5, 0.6) is 0 Å². The lowest BCUT2D eigenvalue weighted by Crippen LogP contribution is -2.11. The average molecular weight is 182 g/mol. The molecule has 0 aliphatic rings. The predicted molar refractivity (Wildman–Crippen MR) is 56.1 cm³/mol. The van der Waals surface area contributed by atoms with E-state index in [-0.39, 0.29) is 0 Å². The Morgan fingerprint density at radius 1 is 1.46 bits per heavy atom. The molecule has 0 bridgehead atoms. The highest BCUT2D eigenvalue weighted by Crippen LogP contribution is 2.01. The zero-order chi connectivity index (χ0) is 10.1. The van der Waals surface area contributed by atoms with Gasteiger partial charge in [0.2, 0.25) is 0 Å². The van der Waals surface area contributed by atoms with Crippen LogP contribution in [0.25, 0.3) is 0 Å². The molecule has 74 valence electrons. The number of rotatable bonds is 5. The van der Waals surface area contributed by atoms with E-state index in [1.54, 1.807) is 0 Å². The molecule has 2 N–H and O–H groups in total. The molecule has 0 aromatic rings. The summed E-state index contributed by atoms with van der Waals surface area (Å²) in [5.74, 6) is 0. The third kappa shape index (κ3) is 5.06. The topological polar surface area (TPSA) is 44.6 Å². The van der Waals surface area contributed by atoms with Crippen molar-refractivity contribution in [2.75, 3.05) is 6.54 Å². The fraction of sp³-hybridized carbons (Fsp3) is 0.500. The molecule has 0 aliphatic carbocycles. The van der Waals surface area contributed by atoms with Crippen molar-refractivity contribution in [3.8, 4) is 0 Å². The van der Waals surface area contributed by atoms with Crippen LogP contribution in [0, 0.1) is 0 Å². The summed E-state index contributed by atoms with van der Waals surface area (Å²) >= 11 is 0. The summed E-state index contributed by atoms with van der Waals surface area (Å²) in [5, 5.41) is 14.6. The van der Waals surface area contributed by atoms with Crippen LogP contribution < -0.4 is 5.32 Å². The first kappa shape index (κ1) is 11.8. The molecule has 0 radical (unpaired) electrons. The zero-order valence-electron chi connectivity index (χ0n) is 8.54. The van der Waals surface area contributed by atoms with Gasteiger partial charge in [0.25, 0.3) is 0 Å². The van der Waals surface area contributed by atoms with Gasteiger partial charge in [-0.2, -0.15) is 0 Å². The van der Waals surface area contributed by atoms with Crippen molar-refractivity contribution < 1.29 is 5.21 Å². The molecule has 3 nitrogen and oxygen atoms in total. The van der Waals surface area contributed by atoms with E-state index in [1.807, 2.05) is 26.0 Å². The number of oxime groups is 1. The molecule has 0 heterocycles. The molecule has 0 spiro atoms. The van der Waals surface area contributed by atoms with Crippen molar-refractivity contribution in [1.29, 1.82) is 0 Å². The van der Waals surface area contributed by atoms with E-state index in [4.69, 9.17) is 5.21 Å². The Kier molecular flexibility index (Phi) is 6.69. The molecule has 0 saturated carbocycles. The Bertz CT molecular complexity index is 217. The number of allylic oxidation sites excluding steroid dienone is 4. The molecule has 13 heavy (non-hydrogen) atoms. The molecule has 0 saturated heterocycles. The predicted octanol–water partition coefficient (Wildman–Crippen LogP) is 2.30. The highest BCUT2D eigenvalue weighted by Gasteiger charge is 1.93. The van der Waals surface area contributed by atoms with Crippen LogP contribution in [-0.4, -0.2) is 18.0 Å². The van der Waals surface area contributed by atoms with Crippen molar-refractivity contribution in [2.45, 2.75) is 27.2 Å². The van der Waals surface area contributed by atoms with Crippen LogP contribution in [0.3, 0.4) is 0 Å². The first-order valence-corrected chi connectivity index (χ1v) is 4.54. The highest BCUT2D eigenvalue weighted by molar-refractivity contribution is 5.82. The third-order valence-corrected chi connectivity index (χ3v) is 1.60. The average Bonchev–Trinajstić information content (AvgIpc) is 2.12. The molecule has 3 heteroatoms. The maximum absolute atomic E-state index is 8.43. The normalized spacial score (nSPS) is 13.8. The summed E-state index contributed by atoms with van der Waals surface area (Å²) in [7, 11) is 0. The van der Waals surface area contributed by atoms with Gasteiger partial charge in [0.1, 0.15) is 0 Å². The largest absolute Gasteiger partial charge is 0.411 e. The number of nitrogens with one attached hydrogen (secondary N) is 1. The summed E-state index contributed by atoms with van der Waals surface area (Å²) in [6.45, 7) is 6.92. The minimum Gasteiger partial charge on any atom is -0.411 e. The Morgan fingerprint density at radius 3 is 2.62 bits per heavy atom. The van der Waals surface area contributed by atoms with Crippen LogP contribution in [-0.2, 0) is 0 Å². The molecule has 0 fully saturated rings. The van der Waals surface area contributed by atoms with Gasteiger partial charge in [-0.25, -0.2) is 0 Å². The minimum absolute atomic E-state index is 0.870. The summed E-state index contributed by atoms with van der Waals surface area (Å²) in [6, 6.07) is 0. The molecule has 0 aromatic carbocycles. The van der Waals surface area contributed by atoms with Gasteiger partial charge in [-0.05, 0) is 20.3 Å². The highest BCUT2D eigenvalue weighted by atomic mass is 16.4. The Hall–Kier alpha value is -1.25. The molecule has 0 amide bonds. The molecule has 0 aliphatic heterocycles. The fourth-order valence-electron chi connectivity index (χ4n) is 0.939. The van der Waals surface area contributed by atoms with Crippen LogP contribution in [0.2, 0.25) is 0 Å². The first-order chi connectivity index (χ1) is 6.26. The van der Waals surface area contributed by atoms with Crippen LogP contribution in [0.15, 0.2) is 28.6 Å². The van der Waals surface area contributed by atoms with E-state index in [2.05, 4.69) is 17.4 Å². The summed E-state index contributed by atoms with van der Waals surface area (Å²) < 4.78 is 0. The second-order valence-electron chi connectivity index (χ2n) is 2.67. The van der Waals surface area contributed by atoms with Gasteiger partial charge in [-0.15, -0.1) is 0 Å². The van der Waals surface area contributed by atoms with E-state index in [0.717, 1.165) is 24.2 Å². The maximum Gasteiger partial charge on any atom is 0.0750 e. The van der Waals surface area contributed by atoms with Gasteiger partial charge >= 0.3 is 0 Å². The maximum atomic E-state index is 8.43. The van der Waals surface area contributed by atoms with Gasteiger partial charge < -0.3 is 10.5 Å². The monoisotopic (exact) mass is 182 g/mol. The summed E-state index contributed by atoms with van der Waals surface area (Å²) in [5.41, 5.74) is 1.93. The van der Waals surface area contributed by atoms with Gasteiger partial charge in [0, 0.05) is 17.8 Å². The third-order valence-electron chi connectivity index (χ3n) is 1.60. The van der Waals surface area contributed by atoms with E-state index in [0.29, 0.717) is 0 Å². The van der Waals surface area contributed by atoms with Crippen LogP contribution in [0.4, 0.5) is 0 Å². The standard InChI is InChI=1S/C10H18N2O/c1-4-6-7-10(8-12-13)9(3)11-5-2/h6-8,11,13H,4-5H2,1-3H3/b7-6-,10-9-,12-8+. The molecular formula is C10H18N2O. The quantitative estimate of drug-likeness (QED) is 0.296. The van der Waals surface area contributed by atoms with Crippen molar-refractivity contribution in [2.24, 2.45) is 5.16 Å². The van der Waals surface area contributed by atoms with Crippen molar-refractivity contribution in [3.05, 3.63) is 23.4 Å². The van der Waals surface area contributed by atoms with Crippen LogP contribution in [0.1, 0.15) is 27.2 Å². The molecule has 0 atom stereocenters. The van der Waals surface area contributed by atoms with Crippen molar-refractivity contribution in [1.82, 2.24) is 5.32 Å². The molecule has 0 aromatic heterocycles. The fourth-order valence-corrected chi connectivity index (χ4v) is 0.939. The summed E-state index contributed by atoms with van der Waals surface area (Å²) in [6.07, 6.45) is 6.38. The lowest BCUT2D eigenvalue weighted by molar-refractivity contribution is 0.321. The number of hydrogen-bond donors (Lipinski definition) is 2. The van der Waals surface area contributed by atoms with Gasteiger partial charge in [0.05, 0.1) is 6.21 Å². The second-order valence-corrected chi connectivity index (χ2v) is 2.67. The number of nitrogens with zero attached hydrogens (tertiary/aromatic N) is 1. The lowest BCUT2D eigenvalue weighted by Gasteiger charge is -2.04. The van der Waals surface area contributed by atoms with Gasteiger partial charge in [0.15, 0.2) is 0 Å².